The number of sulfone groups is 1. The molecular weight excluding hydrogens is 426 g/mol. The monoisotopic (exact) mass is 451 g/mol. The number of nitrogens with one attached hydrogen (secondary N) is 1. The van der Waals surface area contributed by atoms with E-state index in [1.165, 1.54) is 0 Å². The SMILES string of the molecule is O=C(COCc1ccccc1)NCC1CCc2ccc(S(=O)(=O)c3ccccc3)cc2O1. The lowest BCUT2D eigenvalue weighted by Gasteiger charge is -2.26. The Morgan fingerprint density at radius 2 is 1.69 bits per heavy atom. The van der Waals surface area contributed by atoms with Gasteiger partial charge in [0.2, 0.25) is 15.7 Å². The summed E-state index contributed by atoms with van der Waals surface area (Å²) in [6, 6.07) is 23.0. The van der Waals surface area contributed by atoms with Gasteiger partial charge in [0, 0.05) is 0 Å². The number of hydrogen-bond acceptors (Lipinski definition) is 5. The van der Waals surface area contributed by atoms with E-state index in [-0.39, 0.29) is 28.4 Å². The molecule has 0 radical (unpaired) electrons. The van der Waals surface area contributed by atoms with Gasteiger partial charge in [-0.2, -0.15) is 0 Å². The van der Waals surface area contributed by atoms with Gasteiger partial charge in [-0.15, -0.1) is 0 Å². The Kier molecular flexibility index (Phi) is 6.87. The largest absolute Gasteiger partial charge is 0.488 e. The van der Waals surface area contributed by atoms with Crippen molar-refractivity contribution >= 4 is 15.7 Å². The molecule has 0 saturated heterocycles. The molecule has 0 aromatic heterocycles. The predicted octanol–water partition coefficient (Wildman–Crippen LogP) is 3.55. The van der Waals surface area contributed by atoms with Gasteiger partial charge in [-0.25, -0.2) is 8.42 Å². The van der Waals surface area contributed by atoms with E-state index in [1.807, 2.05) is 30.3 Å². The van der Waals surface area contributed by atoms with Crippen molar-refractivity contribution in [1.29, 1.82) is 0 Å². The second-order valence-electron chi connectivity index (χ2n) is 7.65. The highest BCUT2D eigenvalue weighted by Gasteiger charge is 2.24. The Balaban J connectivity index is 1.32. The van der Waals surface area contributed by atoms with Crippen LogP contribution in [0, 0.1) is 0 Å². The molecule has 1 aliphatic rings. The topological polar surface area (TPSA) is 81.7 Å². The third-order valence-corrected chi connectivity index (χ3v) is 7.07. The van der Waals surface area contributed by atoms with E-state index in [2.05, 4.69) is 5.32 Å². The maximum atomic E-state index is 12.9. The standard InChI is InChI=1S/C25H25NO5S/c27-25(18-30-17-19-7-3-1-4-8-19)26-16-21-13-11-20-12-14-23(15-24(20)31-21)32(28,29)22-9-5-2-6-10-22/h1-10,12,14-15,21H,11,13,16-18H2,(H,26,27). The van der Waals surface area contributed by atoms with Crippen LogP contribution in [0.15, 0.2) is 88.7 Å². The highest BCUT2D eigenvalue weighted by molar-refractivity contribution is 7.91. The fraction of sp³-hybridized carbons (Fsp3) is 0.240. The van der Waals surface area contributed by atoms with Gasteiger partial charge in [-0.3, -0.25) is 4.79 Å². The van der Waals surface area contributed by atoms with Gasteiger partial charge in [0.15, 0.2) is 0 Å². The van der Waals surface area contributed by atoms with Crippen LogP contribution in [0.1, 0.15) is 17.5 Å². The zero-order chi connectivity index (χ0) is 22.4. The molecule has 1 unspecified atom stereocenters. The molecule has 3 aromatic rings. The normalized spacial score (nSPS) is 15.4. The molecule has 1 heterocycles. The van der Waals surface area contributed by atoms with Crippen molar-refractivity contribution in [2.45, 2.75) is 35.3 Å². The van der Waals surface area contributed by atoms with Crippen molar-refractivity contribution < 1.29 is 22.7 Å². The van der Waals surface area contributed by atoms with E-state index in [9.17, 15) is 13.2 Å². The molecule has 0 saturated carbocycles. The summed E-state index contributed by atoms with van der Waals surface area (Å²) in [4.78, 5) is 12.5. The number of amides is 1. The minimum Gasteiger partial charge on any atom is -0.488 e. The van der Waals surface area contributed by atoms with Gasteiger partial charge < -0.3 is 14.8 Å². The molecule has 1 aliphatic heterocycles. The molecule has 7 heteroatoms. The Hall–Kier alpha value is -3.16. The molecule has 0 bridgehead atoms. The third-order valence-electron chi connectivity index (χ3n) is 5.30. The van der Waals surface area contributed by atoms with E-state index in [0.29, 0.717) is 18.9 Å². The maximum Gasteiger partial charge on any atom is 0.246 e. The summed E-state index contributed by atoms with van der Waals surface area (Å²) in [5, 5.41) is 2.83. The Morgan fingerprint density at radius 1 is 0.969 bits per heavy atom. The molecule has 1 atom stereocenters. The van der Waals surface area contributed by atoms with Crippen molar-refractivity contribution in [3.05, 3.63) is 90.0 Å². The van der Waals surface area contributed by atoms with Gasteiger partial charge in [-0.05, 0) is 48.2 Å². The number of ether oxygens (including phenoxy) is 2. The van der Waals surface area contributed by atoms with Crippen molar-refractivity contribution in [3.63, 3.8) is 0 Å². The van der Waals surface area contributed by atoms with Crippen LogP contribution in [0.25, 0.3) is 0 Å². The van der Waals surface area contributed by atoms with Gasteiger partial charge in [0.1, 0.15) is 18.5 Å². The first-order valence-corrected chi connectivity index (χ1v) is 12.0. The zero-order valence-corrected chi connectivity index (χ0v) is 18.4. The third kappa shape index (κ3) is 5.36. The van der Waals surface area contributed by atoms with Crippen LogP contribution in [-0.4, -0.2) is 33.6 Å². The molecule has 0 spiro atoms. The Bertz CT molecular complexity index is 1160. The molecule has 1 amide bonds. The Morgan fingerprint density at radius 3 is 2.44 bits per heavy atom. The van der Waals surface area contributed by atoms with E-state index in [0.717, 1.165) is 24.0 Å². The number of carbonyl (C=O) groups excluding carboxylic acids is 1. The maximum absolute atomic E-state index is 12.9. The molecule has 4 rings (SSSR count). The quantitative estimate of drug-likeness (QED) is 0.567. The van der Waals surface area contributed by atoms with Gasteiger partial charge in [-0.1, -0.05) is 54.6 Å². The summed E-state index contributed by atoms with van der Waals surface area (Å²) in [7, 11) is -3.62. The summed E-state index contributed by atoms with van der Waals surface area (Å²) in [5.41, 5.74) is 1.97. The molecule has 0 aliphatic carbocycles. The molecule has 1 N–H and O–H groups in total. The lowest BCUT2D eigenvalue weighted by atomic mass is 10.0. The minimum absolute atomic E-state index is 0.0301. The van der Waals surface area contributed by atoms with E-state index >= 15 is 0 Å². The van der Waals surface area contributed by atoms with Crippen molar-refractivity contribution in [2.75, 3.05) is 13.2 Å². The lowest BCUT2D eigenvalue weighted by Crippen LogP contribution is -2.38. The minimum atomic E-state index is -3.62. The highest BCUT2D eigenvalue weighted by atomic mass is 32.2. The van der Waals surface area contributed by atoms with Crippen LogP contribution in [-0.2, 0) is 32.4 Å². The fourth-order valence-electron chi connectivity index (χ4n) is 3.57. The van der Waals surface area contributed by atoms with Crippen molar-refractivity contribution in [3.8, 4) is 5.75 Å². The van der Waals surface area contributed by atoms with Gasteiger partial charge >= 0.3 is 0 Å². The molecule has 0 fully saturated rings. The fourth-order valence-corrected chi connectivity index (χ4v) is 4.86. The summed E-state index contributed by atoms with van der Waals surface area (Å²) >= 11 is 0. The number of aryl methyl sites for hydroxylation is 1. The molecule has 3 aromatic carbocycles. The smallest absolute Gasteiger partial charge is 0.246 e. The highest BCUT2D eigenvalue weighted by Crippen LogP contribution is 2.32. The first-order valence-electron chi connectivity index (χ1n) is 10.5. The number of rotatable bonds is 8. The van der Waals surface area contributed by atoms with Gasteiger partial charge in [0.25, 0.3) is 0 Å². The predicted molar refractivity (Wildman–Crippen MR) is 120 cm³/mol. The summed E-state index contributed by atoms with van der Waals surface area (Å²) < 4.78 is 37.2. The van der Waals surface area contributed by atoms with Crippen molar-refractivity contribution in [2.24, 2.45) is 0 Å². The first-order chi connectivity index (χ1) is 15.5. The zero-order valence-electron chi connectivity index (χ0n) is 17.6. The van der Waals surface area contributed by atoms with E-state index in [4.69, 9.17) is 9.47 Å². The summed E-state index contributed by atoms with van der Waals surface area (Å²) in [6.45, 7) is 0.681. The summed E-state index contributed by atoms with van der Waals surface area (Å²) in [6.07, 6.45) is 1.27. The van der Waals surface area contributed by atoms with Crippen molar-refractivity contribution in [1.82, 2.24) is 5.32 Å². The van der Waals surface area contributed by atoms with Gasteiger partial charge in [0.05, 0.1) is 22.9 Å². The molecule has 32 heavy (non-hydrogen) atoms. The van der Waals surface area contributed by atoms with Crippen LogP contribution in [0.2, 0.25) is 0 Å². The molecule has 166 valence electrons. The number of carbonyl (C=O) groups is 1. The van der Waals surface area contributed by atoms with Crippen LogP contribution < -0.4 is 10.1 Å². The second-order valence-corrected chi connectivity index (χ2v) is 9.60. The number of benzene rings is 3. The Labute approximate surface area is 188 Å². The van der Waals surface area contributed by atoms with Crippen LogP contribution in [0.3, 0.4) is 0 Å². The summed E-state index contributed by atoms with van der Waals surface area (Å²) in [5.74, 6) is 0.337. The lowest BCUT2D eigenvalue weighted by molar-refractivity contribution is -0.126. The van der Waals surface area contributed by atoms with Crippen LogP contribution >= 0.6 is 0 Å². The second kappa shape index (κ2) is 9.97. The van der Waals surface area contributed by atoms with Crippen LogP contribution in [0.5, 0.6) is 5.75 Å². The number of fused-ring (bicyclic) bond motifs is 1. The molecular formula is C25H25NO5S. The van der Waals surface area contributed by atoms with E-state index < -0.39 is 9.84 Å². The average molecular weight is 452 g/mol. The molecule has 6 nitrogen and oxygen atoms in total. The first kappa shape index (κ1) is 22.0. The van der Waals surface area contributed by atoms with Crippen LogP contribution in [0.4, 0.5) is 0 Å². The number of hydrogen-bond donors (Lipinski definition) is 1. The average Bonchev–Trinajstić information content (AvgIpc) is 2.83. The van der Waals surface area contributed by atoms with E-state index in [1.54, 1.807) is 48.5 Å².